The Labute approximate surface area is 114 Å². The predicted molar refractivity (Wildman–Crippen MR) is 71.5 cm³/mol. The maximum atomic E-state index is 8.93. The number of aliphatic hydroxyl groups is 1. The van der Waals surface area contributed by atoms with Crippen LogP contribution in [0.5, 0.6) is 11.8 Å². The van der Waals surface area contributed by atoms with Gasteiger partial charge in [-0.2, -0.15) is 4.98 Å². The molecule has 1 N–H and O–H groups in total. The summed E-state index contributed by atoms with van der Waals surface area (Å²) in [5.74, 6) is 0.603. The van der Waals surface area contributed by atoms with Crippen molar-refractivity contribution in [3.63, 3.8) is 0 Å². The Kier molecular flexibility index (Phi) is 3.11. The number of aliphatic hydroxyl groups excluding tert-OH is 1. The highest BCUT2D eigenvalue weighted by Crippen LogP contribution is 2.33. The molecule has 0 aliphatic rings. The molecule has 3 rings (SSSR count). The standard InChI is InChI=1S/C14H10ClNO3/c15-12-5-6-13(11-4-2-1-3-10(11)12)19-14-16-9(7-17)8-18-14/h1-6,8,17H,7H2. The Morgan fingerprint density at radius 1 is 1.16 bits per heavy atom. The van der Waals surface area contributed by atoms with E-state index in [4.69, 9.17) is 25.9 Å². The molecule has 0 unspecified atom stereocenters. The number of halogens is 1. The quantitative estimate of drug-likeness (QED) is 0.790. The van der Waals surface area contributed by atoms with Crippen molar-refractivity contribution < 1.29 is 14.3 Å². The van der Waals surface area contributed by atoms with Crippen LogP contribution < -0.4 is 4.74 Å². The van der Waals surface area contributed by atoms with Crippen molar-refractivity contribution in [2.45, 2.75) is 6.61 Å². The SMILES string of the molecule is OCc1coc(Oc2ccc(Cl)c3ccccc23)n1. The van der Waals surface area contributed by atoms with Crippen molar-refractivity contribution in [3.8, 4) is 11.8 Å². The van der Waals surface area contributed by atoms with Gasteiger partial charge in [-0.05, 0) is 12.1 Å². The molecule has 0 fully saturated rings. The summed E-state index contributed by atoms with van der Waals surface area (Å²) >= 11 is 6.13. The molecule has 0 amide bonds. The number of fused-ring (bicyclic) bond motifs is 1. The molecule has 0 radical (unpaired) electrons. The number of rotatable bonds is 3. The number of hydrogen-bond acceptors (Lipinski definition) is 4. The molecule has 1 heterocycles. The largest absolute Gasteiger partial charge is 0.417 e. The lowest BCUT2D eigenvalue weighted by Crippen LogP contribution is -1.88. The van der Waals surface area contributed by atoms with Crippen molar-refractivity contribution in [3.05, 3.63) is 53.4 Å². The van der Waals surface area contributed by atoms with Gasteiger partial charge in [0.15, 0.2) is 0 Å². The van der Waals surface area contributed by atoms with Crippen LogP contribution >= 0.6 is 11.6 Å². The van der Waals surface area contributed by atoms with E-state index in [1.807, 2.05) is 24.3 Å². The lowest BCUT2D eigenvalue weighted by molar-refractivity contribution is 0.276. The minimum absolute atomic E-state index is 0.0940. The van der Waals surface area contributed by atoms with E-state index in [0.717, 1.165) is 10.8 Å². The third-order valence-corrected chi connectivity index (χ3v) is 3.05. The zero-order chi connectivity index (χ0) is 13.2. The Bertz CT molecular complexity index is 724. The lowest BCUT2D eigenvalue weighted by atomic mass is 10.1. The van der Waals surface area contributed by atoms with Crippen LogP contribution in [0.25, 0.3) is 10.8 Å². The molecular formula is C14H10ClNO3. The zero-order valence-corrected chi connectivity index (χ0v) is 10.6. The highest BCUT2D eigenvalue weighted by molar-refractivity contribution is 6.35. The fourth-order valence-electron chi connectivity index (χ4n) is 1.83. The number of oxazole rings is 1. The average molecular weight is 276 g/mol. The van der Waals surface area contributed by atoms with E-state index in [9.17, 15) is 0 Å². The summed E-state index contributed by atoms with van der Waals surface area (Å²) in [6.07, 6.45) is 1.45. The summed E-state index contributed by atoms with van der Waals surface area (Å²) in [5, 5.41) is 11.4. The minimum atomic E-state index is -0.186. The molecule has 0 aliphatic carbocycles. The third kappa shape index (κ3) is 2.28. The summed E-state index contributed by atoms with van der Waals surface area (Å²) in [6, 6.07) is 11.2. The van der Waals surface area contributed by atoms with Crippen LogP contribution in [0.3, 0.4) is 0 Å². The first-order valence-electron chi connectivity index (χ1n) is 5.68. The summed E-state index contributed by atoms with van der Waals surface area (Å²) in [5.41, 5.74) is 0.424. The molecule has 3 aromatic rings. The Morgan fingerprint density at radius 2 is 1.95 bits per heavy atom. The van der Waals surface area contributed by atoms with Crippen molar-refractivity contribution in [1.29, 1.82) is 0 Å². The molecule has 2 aromatic carbocycles. The first-order chi connectivity index (χ1) is 9.28. The fourth-order valence-corrected chi connectivity index (χ4v) is 2.05. The van der Waals surface area contributed by atoms with Gasteiger partial charge < -0.3 is 14.3 Å². The second-order valence-corrected chi connectivity index (χ2v) is 4.36. The molecule has 0 atom stereocenters. The van der Waals surface area contributed by atoms with Crippen LogP contribution in [-0.4, -0.2) is 10.1 Å². The topological polar surface area (TPSA) is 55.5 Å². The first kappa shape index (κ1) is 12.0. The number of benzene rings is 2. The molecule has 19 heavy (non-hydrogen) atoms. The van der Waals surface area contributed by atoms with E-state index >= 15 is 0 Å². The molecule has 0 saturated carbocycles. The number of hydrogen-bond donors (Lipinski definition) is 1. The summed E-state index contributed by atoms with van der Waals surface area (Å²) < 4.78 is 10.7. The molecule has 5 heteroatoms. The van der Waals surface area contributed by atoms with Gasteiger partial charge in [-0.1, -0.05) is 35.9 Å². The van der Waals surface area contributed by atoms with E-state index < -0.39 is 0 Å². The van der Waals surface area contributed by atoms with Crippen LogP contribution in [0.1, 0.15) is 5.69 Å². The predicted octanol–water partition coefficient (Wildman–Crippen LogP) is 3.77. The van der Waals surface area contributed by atoms with Crippen molar-refractivity contribution in [2.24, 2.45) is 0 Å². The molecule has 0 bridgehead atoms. The molecule has 0 aliphatic heterocycles. The first-order valence-corrected chi connectivity index (χ1v) is 6.06. The van der Waals surface area contributed by atoms with Crippen molar-refractivity contribution in [1.82, 2.24) is 4.98 Å². The van der Waals surface area contributed by atoms with Gasteiger partial charge in [-0.15, -0.1) is 0 Å². The van der Waals surface area contributed by atoms with Crippen molar-refractivity contribution >= 4 is 22.4 Å². The second kappa shape index (κ2) is 4.91. The van der Waals surface area contributed by atoms with Crippen LogP contribution in [0.2, 0.25) is 5.02 Å². The fraction of sp³-hybridized carbons (Fsp3) is 0.0714. The van der Waals surface area contributed by atoms with E-state index in [0.29, 0.717) is 16.5 Å². The number of nitrogens with zero attached hydrogens (tertiary/aromatic N) is 1. The third-order valence-electron chi connectivity index (χ3n) is 2.72. The van der Waals surface area contributed by atoms with Gasteiger partial charge in [-0.3, -0.25) is 0 Å². The number of aromatic nitrogens is 1. The summed E-state index contributed by atoms with van der Waals surface area (Å²) in [6.45, 7) is -0.186. The lowest BCUT2D eigenvalue weighted by Gasteiger charge is -2.06. The van der Waals surface area contributed by atoms with Crippen molar-refractivity contribution in [2.75, 3.05) is 0 Å². The molecule has 96 valence electrons. The maximum Gasteiger partial charge on any atom is 0.399 e. The molecule has 4 nitrogen and oxygen atoms in total. The van der Waals surface area contributed by atoms with E-state index in [2.05, 4.69) is 4.98 Å². The summed E-state index contributed by atoms with van der Waals surface area (Å²) in [4.78, 5) is 3.98. The second-order valence-electron chi connectivity index (χ2n) is 3.96. The van der Waals surface area contributed by atoms with E-state index in [1.165, 1.54) is 6.26 Å². The summed E-state index contributed by atoms with van der Waals surface area (Å²) in [7, 11) is 0. The highest BCUT2D eigenvalue weighted by Gasteiger charge is 2.10. The smallest absolute Gasteiger partial charge is 0.399 e. The normalized spacial score (nSPS) is 10.8. The molecular weight excluding hydrogens is 266 g/mol. The van der Waals surface area contributed by atoms with Gasteiger partial charge in [0.05, 0.1) is 6.61 Å². The van der Waals surface area contributed by atoms with Gasteiger partial charge in [0.2, 0.25) is 0 Å². The molecule has 1 aromatic heterocycles. The minimum Gasteiger partial charge on any atom is -0.417 e. The van der Waals surface area contributed by atoms with Gasteiger partial charge in [0.25, 0.3) is 0 Å². The zero-order valence-electron chi connectivity index (χ0n) is 9.84. The van der Waals surface area contributed by atoms with Gasteiger partial charge >= 0.3 is 6.08 Å². The molecule has 0 spiro atoms. The van der Waals surface area contributed by atoms with E-state index in [1.54, 1.807) is 12.1 Å². The monoisotopic (exact) mass is 275 g/mol. The highest BCUT2D eigenvalue weighted by atomic mass is 35.5. The van der Waals surface area contributed by atoms with Crippen LogP contribution in [-0.2, 0) is 6.61 Å². The van der Waals surface area contributed by atoms with Gasteiger partial charge in [-0.25, -0.2) is 0 Å². The Morgan fingerprint density at radius 3 is 2.68 bits per heavy atom. The average Bonchev–Trinajstić information content (AvgIpc) is 2.90. The Balaban J connectivity index is 2.03. The van der Waals surface area contributed by atoms with Crippen LogP contribution in [0, 0.1) is 0 Å². The molecule has 0 saturated heterocycles. The van der Waals surface area contributed by atoms with Gasteiger partial charge in [0, 0.05) is 15.8 Å². The van der Waals surface area contributed by atoms with Crippen LogP contribution in [0.4, 0.5) is 0 Å². The van der Waals surface area contributed by atoms with Gasteiger partial charge in [0.1, 0.15) is 17.7 Å². The van der Waals surface area contributed by atoms with E-state index in [-0.39, 0.29) is 12.7 Å². The maximum absolute atomic E-state index is 8.93. The number of ether oxygens (including phenoxy) is 1. The van der Waals surface area contributed by atoms with Crippen LogP contribution in [0.15, 0.2) is 47.1 Å². The Hall–Kier alpha value is -2.04.